The van der Waals surface area contributed by atoms with Gasteiger partial charge >= 0.3 is 0 Å². The van der Waals surface area contributed by atoms with Gasteiger partial charge in [0.2, 0.25) is 0 Å². The molecule has 0 spiro atoms. The Kier molecular flexibility index (Phi) is 18.8. The van der Waals surface area contributed by atoms with E-state index in [-0.39, 0.29) is 6.29 Å². The lowest BCUT2D eigenvalue weighted by molar-refractivity contribution is 0.0593. The highest BCUT2D eigenvalue weighted by Crippen LogP contribution is 2.51. The van der Waals surface area contributed by atoms with Gasteiger partial charge in [-0.2, -0.15) is 0 Å². The zero-order chi connectivity index (χ0) is 29.3. The number of hydrogen-bond donors (Lipinski definition) is 0. The third-order valence-electron chi connectivity index (χ3n) is 8.39. The van der Waals surface area contributed by atoms with Crippen LogP contribution in [0.15, 0.2) is 26.3 Å². The van der Waals surface area contributed by atoms with Crippen LogP contribution in [0.5, 0.6) is 0 Å². The van der Waals surface area contributed by atoms with Crippen molar-refractivity contribution in [2.75, 3.05) is 33.0 Å². The molecular formula is C33H62O6. The van der Waals surface area contributed by atoms with E-state index in [4.69, 9.17) is 28.4 Å². The largest absolute Gasteiger partial charge is 0.379 e. The molecule has 0 radical (unpaired) electrons. The van der Waals surface area contributed by atoms with E-state index in [1.165, 1.54) is 57.8 Å². The molecule has 6 nitrogen and oxygen atoms in total. The van der Waals surface area contributed by atoms with Gasteiger partial charge in [-0.25, -0.2) is 0 Å². The second-order valence-corrected chi connectivity index (χ2v) is 11.4. The summed E-state index contributed by atoms with van der Waals surface area (Å²) in [5, 5.41) is 0. The van der Waals surface area contributed by atoms with E-state index >= 15 is 0 Å². The van der Waals surface area contributed by atoms with Crippen molar-refractivity contribution >= 4 is 0 Å². The van der Waals surface area contributed by atoms with Crippen molar-refractivity contribution in [3.8, 4) is 0 Å². The van der Waals surface area contributed by atoms with E-state index in [1.807, 2.05) is 13.8 Å². The van der Waals surface area contributed by atoms with Gasteiger partial charge in [-0.05, 0) is 77.0 Å². The average Bonchev–Trinajstić information content (AvgIpc) is 3.77. The van der Waals surface area contributed by atoms with Crippen molar-refractivity contribution in [1.82, 2.24) is 0 Å². The average molecular weight is 555 g/mol. The van der Waals surface area contributed by atoms with Gasteiger partial charge in [-0.15, -0.1) is 26.3 Å². The second-order valence-electron chi connectivity index (χ2n) is 11.4. The molecule has 0 aromatic rings. The molecule has 2 aliphatic carbocycles. The van der Waals surface area contributed by atoms with Gasteiger partial charge in [0.1, 0.15) is 12.7 Å². The van der Waals surface area contributed by atoms with Crippen LogP contribution in [-0.2, 0) is 28.4 Å². The van der Waals surface area contributed by atoms with Gasteiger partial charge in [0.15, 0.2) is 6.29 Å². The van der Waals surface area contributed by atoms with E-state index in [1.54, 1.807) is 0 Å². The Morgan fingerprint density at radius 3 is 2.05 bits per heavy atom. The molecule has 6 heteroatoms. The maximum absolute atomic E-state index is 5.69. The molecule has 2 saturated carbocycles. The fourth-order valence-electron chi connectivity index (χ4n) is 5.42. The van der Waals surface area contributed by atoms with Crippen LogP contribution in [0.2, 0.25) is 0 Å². The fourth-order valence-corrected chi connectivity index (χ4v) is 5.42. The summed E-state index contributed by atoms with van der Waals surface area (Å²) in [4.78, 5) is 0. The van der Waals surface area contributed by atoms with Crippen LogP contribution in [0.3, 0.4) is 0 Å². The summed E-state index contributed by atoms with van der Waals surface area (Å²) in [5.41, 5.74) is 0.309. The van der Waals surface area contributed by atoms with Gasteiger partial charge in [0, 0.05) is 13.2 Å². The Hall–Kier alpha value is -0.760. The predicted octanol–water partition coefficient (Wildman–Crippen LogP) is 7.75. The number of hydrogen-bond acceptors (Lipinski definition) is 6. The molecule has 6 rings (SSSR count). The lowest BCUT2D eigenvalue weighted by atomic mass is 9.76. The van der Waals surface area contributed by atoms with Gasteiger partial charge in [-0.1, -0.05) is 40.0 Å². The molecule has 0 aromatic heterocycles. The summed E-state index contributed by atoms with van der Waals surface area (Å²) < 4.78 is 30.7. The lowest BCUT2D eigenvalue weighted by Crippen LogP contribution is -2.24. The molecule has 6 fully saturated rings. The first-order valence-corrected chi connectivity index (χ1v) is 15.7. The fraction of sp³-hybridized carbons (Fsp3) is 0.879. The van der Waals surface area contributed by atoms with Gasteiger partial charge in [0.05, 0.1) is 37.1 Å². The number of epoxide rings is 4. The standard InChI is InChI=1S/C11H20O.C9H16O.C5H10O2.C4H8O2.2C2H4/c1-4-8(2)9-5-6-11(3)10(7-9)12-11;1-2-3-7-4-5-8-9(6-7)10-8;1-2-6-3-5-4-7-5;1-2-5-4-3-6-4;2*1-2/h8-10H,4-7H2,1-3H3;7-9H,2-6H2,1H3;5H,2-4H2,1H3;4H,2-3H2,1H3;2*1-2H2. The number of fused-ring (bicyclic) bond motifs is 2. The van der Waals surface area contributed by atoms with Crippen LogP contribution in [0.4, 0.5) is 0 Å². The summed E-state index contributed by atoms with van der Waals surface area (Å²) in [7, 11) is 0. The molecule has 230 valence electrons. The first-order chi connectivity index (χ1) is 18.9. The summed E-state index contributed by atoms with van der Waals surface area (Å²) in [6.45, 7) is 29.2. The van der Waals surface area contributed by atoms with Crippen molar-refractivity contribution in [2.45, 2.75) is 136 Å². The minimum atomic E-state index is 0.148. The second kappa shape index (κ2) is 20.2. The first kappa shape index (κ1) is 36.3. The molecule has 0 aromatic carbocycles. The smallest absolute Gasteiger partial charge is 0.181 e. The Labute approximate surface area is 241 Å². The normalized spacial score (nSPS) is 36.2. The Balaban J connectivity index is 0.000000257. The quantitative estimate of drug-likeness (QED) is 0.214. The zero-order valence-corrected chi connectivity index (χ0v) is 26.3. The maximum atomic E-state index is 5.69. The molecule has 39 heavy (non-hydrogen) atoms. The SMILES string of the molecule is C=C.C=C.CCC(C)C1CCC2(C)OC2C1.CCCC1CCC2OC2C1.CCOC1CO1.CCOCC1CO1. The van der Waals surface area contributed by atoms with Crippen molar-refractivity contribution in [3.63, 3.8) is 0 Å². The van der Waals surface area contributed by atoms with E-state index in [0.29, 0.717) is 30.0 Å². The van der Waals surface area contributed by atoms with Gasteiger partial charge < -0.3 is 28.4 Å². The highest BCUT2D eigenvalue weighted by atomic mass is 16.8. The first-order valence-electron chi connectivity index (χ1n) is 15.7. The molecule has 0 bridgehead atoms. The van der Waals surface area contributed by atoms with Crippen molar-refractivity contribution in [3.05, 3.63) is 26.3 Å². The highest BCUT2D eigenvalue weighted by Gasteiger charge is 2.55. The van der Waals surface area contributed by atoms with Crippen molar-refractivity contribution in [1.29, 1.82) is 0 Å². The lowest BCUT2D eigenvalue weighted by Gasteiger charge is -2.26. The predicted molar refractivity (Wildman–Crippen MR) is 161 cm³/mol. The third-order valence-corrected chi connectivity index (χ3v) is 8.39. The molecule has 0 amide bonds. The Morgan fingerprint density at radius 2 is 1.59 bits per heavy atom. The van der Waals surface area contributed by atoms with Crippen LogP contribution >= 0.6 is 0 Å². The maximum Gasteiger partial charge on any atom is 0.181 e. The molecule has 6 aliphatic rings. The van der Waals surface area contributed by atoms with Crippen LogP contribution < -0.4 is 0 Å². The summed E-state index contributed by atoms with van der Waals surface area (Å²) in [6, 6.07) is 0. The van der Waals surface area contributed by atoms with Crippen molar-refractivity contribution < 1.29 is 28.4 Å². The summed E-state index contributed by atoms with van der Waals surface area (Å²) in [5.74, 6) is 2.84. The van der Waals surface area contributed by atoms with E-state index in [2.05, 4.69) is 54.0 Å². The topological polar surface area (TPSA) is 68.6 Å². The van der Waals surface area contributed by atoms with Gasteiger partial charge in [-0.3, -0.25) is 0 Å². The third kappa shape index (κ3) is 15.2. The molecular weight excluding hydrogens is 492 g/mol. The summed E-state index contributed by atoms with van der Waals surface area (Å²) >= 11 is 0. The van der Waals surface area contributed by atoms with E-state index in [9.17, 15) is 0 Å². The molecule has 0 N–H and O–H groups in total. The number of ether oxygens (including phenoxy) is 6. The highest BCUT2D eigenvalue weighted by molar-refractivity contribution is 5.03. The Morgan fingerprint density at radius 1 is 0.897 bits per heavy atom. The number of rotatable bonds is 9. The molecule has 9 atom stereocenters. The van der Waals surface area contributed by atoms with Crippen LogP contribution in [0.25, 0.3) is 0 Å². The van der Waals surface area contributed by atoms with Crippen LogP contribution in [-0.4, -0.2) is 69.3 Å². The van der Waals surface area contributed by atoms with Gasteiger partial charge in [0.25, 0.3) is 0 Å². The van der Waals surface area contributed by atoms with Crippen LogP contribution in [0, 0.1) is 17.8 Å². The Bertz CT molecular complexity index is 607. The monoisotopic (exact) mass is 554 g/mol. The molecule has 9 unspecified atom stereocenters. The van der Waals surface area contributed by atoms with E-state index < -0.39 is 0 Å². The molecule has 4 heterocycles. The van der Waals surface area contributed by atoms with Crippen LogP contribution in [0.1, 0.15) is 99.3 Å². The minimum absolute atomic E-state index is 0.148. The molecule has 4 aliphatic heterocycles. The van der Waals surface area contributed by atoms with Crippen molar-refractivity contribution in [2.24, 2.45) is 17.8 Å². The zero-order valence-electron chi connectivity index (χ0n) is 26.3. The minimum Gasteiger partial charge on any atom is -0.379 e. The molecule has 4 saturated heterocycles. The van der Waals surface area contributed by atoms with E-state index in [0.717, 1.165) is 50.8 Å². The summed E-state index contributed by atoms with van der Waals surface area (Å²) in [6.07, 6.45) is 14.8.